The molecule has 0 atom stereocenters. The molecule has 0 aliphatic heterocycles. The average molecular weight is 176 g/mol. The van der Waals surface area contributed by atoms with E-state index in [1.807, 2.05) is 25.1 Å². The third kappa shape index (κ3) is 1.13. The predicted octanol–water partition coefficient (Wildman–Crippen LogP) is 2.07. The Hall–Kier alpha value is -1.64. The van der Waals surface area contributed by atoms with Crippen LogP contribution in [0.15, 0.2) is 18.2 Å². The second-order valence-electron chi connectivity index (χ2n) is 3.08. The van der Waals surface area contributed by atoms with Crippen molar-refractivity contribution < 1.29 is 4.74 Å². The van der Waals surface area contributed by atoms with Crippen molar-refractivity contribution in [2.24, 2.45) is 0 Å². The first kappa shape index (κ1) is 7.98. The standard InChI is InChI=1S/C10H12N2O/c1-6-10(11)8-5-7(13-2)3-4-9(8)12-6/h3-5,12H,11H2,1-2H3. The minimum absolute atomic E-state index is 0.800. The van der Waals surface area contributed by atoms with Crippen molar-refractivity contribution in [3.05, 3.63) is 23.9 Å². The number of hydrogen-bond donors (Lipinski definition) is 2. The van der Waals surface area contributed by atoms with Gasteiger partial charge in [0.2, 0.25) is 0 Å². The molecule has 2 aromatic rings. The van der Waals surface area contributed by atoms with Gasteiger partial charge in [-0.05, 0) is 25.1 Å². The van der Waals surface area contributed by atoms with Gasteiger partial charge in [0.1, 0.15) is 5.75 Å². The van der Waals surface area contributed by atoms with Gasteiger partial charge in [-0.3, -0.25) is 0 Å². The molecule has 1 aromatic heterocycles. The van der Waals surface area contributed by atoms with Gasteiger partial charge < -0.3 is 15.5 Å². The highest BCUT2D eigenvalue weighted by atomic mass is 16.5. The Bertz CT molecular complexity index is 445. The Morgan fingerprint density at radius 1 is 1.38 bits per heavy atom. The van der Waals surface area contributed by atoms with Gasteiger partial charge in [-0.2, -0.15) is 0 Å². The molecule has 0 aliphatic carbocycles. The van der Waals surface area contributed by atoms with E-state index < -0.39 is 0 Å². The van der Waals surface area contributed by atoms with Crippen LogP contribution < -0.4 is 10.5 Å². The van der Waals surface area contributed by atoms with Gasteiger partial charge in [0.15, 0.2) is 0 Å². The molecule has 2 rings (SSSR count). The summed E-state index contributed by atoms with van der Waals surface area (Å²) < 4.78 is 5.12. The number of aryl methyl sites for hydroxylation is 1. The zero-order valence-corrected chi connectivity index (χ0v) is 7.72. The van der Waals surface area contributed by atoms with E-state index in [9.17, 15) is 0 Å². The molecule has 0 radical (unpaired) electrons. The number of rotatable bonds is 1. The molecule has 3 N–H and O–H groups in total. The molecule has 1 heterocycles. The molecule has 13 heavy (non-hydrogen) atoms. The zero-order chi connectivity index (χ0) is 9.42. The Labute approximate surface area is 76.5 Å². The average Bonchev–Trinajstić information content (AvgIpc) is 2.43. The van der Waals surface area contributed by atoms with E-state index >= 15 is 0 Å². The minimum atomic E-state index is 0.800. The number of methoxy groups -OCH3 is 1. The van der Waals surface area contributed by atoms with E-state index in [0.29, 0.717) is 0 Å². The highest BCUT2D eigenvalue weighted by Crippen LogP contribution is 2.27. The number of ether oxygens (including phenoxy) is 1. The first-order valence-electron chi connectivity index (χ1n) is 4.14. The normalized spacial score (nSPS) is 10.6. The third-order valence-electron chi connectivity index (χ3n) is 2.24. The molecule has 68 valence electrons. The van der Waals surface area contributed by atoms with Crippen LogP contribution in [-0.2, 0) is 0 Å². The van der Waals surface area contributed by atoms with Crippen LogP contribution in [0.3, 0.4) is 0 Å². The minimum Gasteiger partial charge on any atom is -0.497 e. The van der Waals surface area contributed by atoms with E-state index in [1.54, 1.807) is 7.11 Å². The topological polar surface area (TPSA) is 51.0 Å². The molecule has 3 heteroatoms. The summed E-state index contributed by atoms with van der Waals surface area (Å²) in [4.78, 5) is 3.20. The second kappa shape index (κ2) is 2.69. The summed E-state index contributed by atoms with van der Waals surface area (Å²) in [5, 5.41) is 1.02. The van der Waals surface area contributed by atoms with Gasteiger partial charge in [0.25, 0.3) is 0 Å². The smallest absolute Gasteiger partial charge is 0.119 e. The summed E-state index contributed by atoms with van der Waals surface area (Å²) in [6, 6.07) is 5.82. The first-order chi connectivity index (χ1) is 6.22. The molecule has 1 aromatic carbocycles. The maximum absolute atomic E-state index is 5.88. The van der Waals surface area contributed by atoms with Crippen molar-refractivity contribution in [2.45, 2.75) is 6.92 Å². The van der Waals surface area contributed by atoms with Crippen molar-refractivity contribution in [3.8, 4) is 5.75 Å². The number of H-pyrrole nitrogens is 1. The van der Waals surface area contributed by atoms with Gasteiger partial charge in [-0.25, -0.2) is 0 Å². The maximum atomic E-state index is 5.88. The monoisotopic (exact) mass is 176 g/mol. The van der Waals surface area contributed by atoms with Crippen LogP contribution in [0.4, 0.5) is 5.69 Å². The Kier molecular flexibility index (Phi) is 1.65. The number of hydrogen-bond acceptors (Lipinski definition) is 2. The number of aromatic nitrogens is 1. The van der Waals surface area contributed by atoms with Crippen molar-refractivity contribution in [3.63, 3.8) is 0 Å². The molecule has 0 aliphatic rings. The largest absolute Gasteiger partial charge is 0.497 e. The fourth-order valence-corrected chi connectivity index (χ4v) is 1.45. The van der Waals surface area contributed by atoms with Crippen LogP contribution in [0.25, 0.3) is 10.9 Å². The van der Waals surface area contributed by atoms with Crippen LogP contribution in [0.1, 0.15) is 5.69 Å². The zero-order valence-electron chi connectivity index (χ0n) is 7.72. The van der Waals surface area contributed by atoms with E-state index in [4.69, 9.17) is 10.5 Å². The number of fused-ring (bicyclic) bond motifs is 1. The summed E-state index contributed by atoms with van der Waals surface area (Å²) in [5.41, 5.74) is 8.73. The highest BCUT2D eigenvalue weighted by Gasteiger charge is 2.04. The van der Waals surface area contributed by atoms with Crippen LogP contribution >= 0.6 is 0 Å². The van der Waals surface area contributed by atoms with E-state index in [2.05, 4.69) is 4.98 Å². The predicted molar refractivity (Wildman–Crippen MR) is 54.0 cm³/mol. The quantitative estimate of drug-likeness (QED) is 0.698. The molecular formula is C10H12N2O. The SMILES string of the molecule is COc1ccc2[nH]c(C)c(N)c2c1. The molecule has 3 nitrogen and oxygen atoms in total. The van der Waals surface area contributed by atoms with Crippen LogP contribution in [0, 0.1) is 6.92 Å². The van der Waals surface area contributed by atoms with Gasteiger partial charge in [-0.1, -0.05) is 0 Å². The van der Waals surface area contributed by atoms with E-state index in [-0.39, 0.29) is 0 Å². The van der Waals surface area contributed by atoms with Gasteiger partial charge in [-0.15, -0.1) is 0 Å². The number of anilines is 1. The van der Waals surface area contributed by atoms with Crippen LogP contribution in [0.2, 0.25) is 0 Å². The maximum Gasteiger partial charge on any atom is 0.119 e. The fraction of sp³-hybridized carbons (Fsp3) is 0.200. The van der Waals surface area contributed by atoms with E-state index in [1.165, 1.54) is 0 Å². The lowest BCUT2D eigenvalue weighted by atomic mass is 10.2. The summed E-state index contributed by atoms with van der Waals surface area (Å²) in [6.45, 7) is 1.96. The van der Waals surface area contributed by atoms with E-state index in [0.717, 1.165) is 28.0 Å². The first-order valence-corrected chi connectivity index (χ1v) is 4.14. The third-order valence-corrected chi connectivity index (χ3v) is 2.24. The van der Waals surface area contributed by atoms with Gasteiger partial charge in [0.05, 0.1) is 12.8 Å². The fourth-order valence-electron chi connectivity index (χ4n) is 1.45. The van der Waals surface area contributed by atoms with Crippen LogP contribution in [-0.4, -0.2) is 12.1 Å². The highest BCUT2D eigenvalue weighted by molar-refractivity contribution is 5.93. The number of nitrogens with one attached hydrogen (secondary N) is 1. The van der Waals surface area contributed by atoms with Crippen molar-refractivity contribution in [1.82, 2.24) is 4.98 Å². The Balaban J connectivity index is 2.75. The second-order valence-corrected chi connectivity index (χ2v) is 3.08. The molecule has 0 spiro atoms. The molecule has 0 amide bonds. The summed E-state index contributed by atoms with van der Waals surface area (Å²) in [5.74, 6) is 0.832. The van der Waals surface area contributed by atoms with Gasteiger partial charge in [0, 0.05) is 16.6 Å². The molecule has 0 fully saturated rings. The lowest BCUT2D eigenvalue weighted by molar-refractivity contribution is 0.415. The number of aromatic amines is 1. The lowest BCUT2D eigenvalue weighted by Crippen LogP contribution is -1.85. The lowest BCUT2D eigenvalue weighted by Gasteiger charge is -1.98. The van der Waals surface area contributed by atoms with Crippen molar-refractivity contribution in [2.75, 3.05) is 12.8 Å². The number of nitrogen functional groups attached to an aromatic ring is 1. The van der Waals surface area contributed by atoms with Crippen molar-refractivity contribution >= 4 is 16.6 Å². The molecule has 0 bridgehead atoms. The molecule has 0 saturated carbocycles. The summed E-state index contributed by atoms with van der Waals surface area (Å²) in [6.07, 6.45) is 0. The van der Waals surface area contributed by atoms with Crippen LogP contribution in [0.5, 0.6) is 5.75 Å². The molecule has 0 saturated heterocycles. The number of benzene rings is 1. The Morgan fingerprint density at radius 2 is 2.15 bits per heavy atom. The number of nitrogens with two attached hydrogens (primary N) is 1. The van der Waals surface area contributed by atoms with Crippen molar-refractivity contribution in [1.29, 1.82) is 0 Å². The molecular weight excluding hydrogens is 164 g/mol. The van der Waals surface area contributed by atoms with Gasteiger partial charge >= 0.3 is 0 Å². The molecule has 0 unspecified atom stereocenters. The Morgan fingerprint density at radius 3 is 2.85 bits per heavy atom. The summed E-state index contributed by atoms with van der Waals surface area (Å²) >= 11 is 0. The summed E-state index contributed by atoms with van der Waals surface area (Å²) in [7, 11) is 1.65.